The number of rotatable bonds is 4. The fourth-order valence-electron chi connectivity index (χ4n) is 2.49. The number of hydrogen-bond acceptors (Lipinski definition) is 2. The number of benzene rings is 1. The number of fused-ring (bicyclic) bond motifs is 1. The summed E-state index contributed by atoms with van der Waals surface area (Å²) in [5.74, 6) is 1.23. The van der Waals surface area contributed by atoms with Gasteiger partial charge in [-0.1, -0.05) is 30.3 Å². The number of aryl methyl sites for hydroxylation is 1. The Labute approximate surface area is 127 Å². The van der Waals surface area contributed by atoms with E-state index in [9.17, 15) is 0 Å². The van der Waals surface area contributed by atoms with Gasteiger partial charge in [0.1, 0.15) is 9.53 Å². The summed E-state index contributed by atoms with van der Waals surface area (Å²) in [4.78, 5) is 4.65. The number of halogens is 1. The quantitative estimate of drug-likeness (QED) is 0.772. The van der Waals surface area contributed by atoms with Gasteiger partial charge in [-0.2, -0.15) is 0 Å². The molecule has 2 heterocycles. The van der Waals surface area contributed by atoms with Crippen molar-refractivity contribution in [2.75, 3.05) is 0 Å². The van der Waals surface area contributed by atoms with Crippen molar-refractivity contribution >= 4 is 22.6 Å². The Balaban J connectivity index is 1.65. The standard InChI is InChI=1S/C15H17IN2O/c16-15-13(18-9-5-4-8-14(18)17-15)11-19-10-12-6-2-1-3-7-12/h1-3,6-7H,4-5,8-11H2. The van der Waals surface area contributed by atoms with Gasteiger partial charge in [0.05, 0.1) is 18.9 Å². The predicted octanol–water partition coefficient (Wildman–Crippen LogP) is 3.54. The average Bonchev–Trinajstić information content (AvgIpc) is 2.76. The second kappa shape index (κ2) is 6.05. The molecule has 0 saturated heterocycles. The van der Waals surface area contributed by atoms with Crippen LogP contribution >= 0.6 is 22.6 Å². The lowest BCUT2D eigenvalue weighted by Crippen LogP contribution is -2.13. The third kappa shape index (κ3) is 3.00. The van der Waals surface area contributed by atoms with E-state index in [0.29, 0.717) is 13.2 Å². The van der Waals surface area contributed by atoms with Crippen LogP contribution in [-0.2, 0) is 30.9 Å². The zero-order valence-electron chi connectivity index (χ0n) is 10.8. The fourth-order valence-corrected chi connectivity index (χ4v) is 3.22. The van der Waals surface area contributed by atoms with Crippen molar-refractivity contribution in [2.24, 2.45) is 0 Å². The van der Waals surface area contributed by atoms with Gasteiger partial charge in [0, 0.05) is 13.0 Å². The number of aromatic nitrogens is 2. The zero-order chi connectivity index (χ0) is 13.1. The molecule has 0 unspecified atom stereocenters. The maximum Gasteiger partial charge on any atom is 0.125 e. The normalized spacial score (nSPS) is 14.4. The molecular weight excluding hydrogens is 351 g/mol. The van der Waals surface area contributed by atoms with Crippen LogP contribution in [0.3, 0.4) is 0 Å². The first kappa shape index (κ1) is 13.1. The molecule has 3 rings (SSSR count). The van der Waals surface area contributed by atoms with Crippen molar-refractivity contribution < 1.29 is 4.74 Å². The molecule has 0 amide bonds. The predicted molar refractivity (Wildman–Crippen MR) is 82.8 cm³/mol. The molecule has 0 fully saturated rings. The maximum atomic E-state index is 5.85. The van der Waals surface area contributed by atoms with E-state index in [1.807, 2.05) is 18.2 Å². The van der Waals surface area contributed by atoms with Crippen molar-refractivity contribution in [3.05, 3.63) is 51.1 Å². The van der Waals surface area contributed by atoms with Gasteiger partial charge in [0.15, 0.2) is 0 Å². The van der Waals surface area contributed by atoms with Gasteiger partial charge < -0.3 is 9.30 Å². The van der Waals surface area contributed by atoms with Gasteiger partial charge in [-0.05, 0) is 41.0 Å². The lowest BCUT2D eigenvalue weighted by atomic mass is 10.2. The summed E-state index contributed by atoms with van der Waals surface area (Å²) >= 11 is 2.32. The Morgan fingerprint density at radius 2 is 2.00 bits per heavy atom. The number of ether oxygens (including phenoxy) is 1. The van der Waals surface area contributed by atoms with Crippen molar-refractivity contribution in [2.45, 2.75) is 39.0 Å². The maximum absolute atomic E-state index is 5.85. The Hall–Kier alpha value is -0.880. The van der Waals surface area contributed by atoms with E-state index in [4.69, 9.17) is 4.74 Å². The van der Waals surface area contributed by atoms with E-state index in [1.165, 1.54) is 29.9 Å². The van der Waals surface area contributed by atoms with Gasteiger partial charge in [-0.25, -0.2) is 4.98 Å². The second-order valence-corrected chi connectivity index (χ2v) is 5.87. The molecule has 1 aromatic heterocycles. The molecule has 0 N–H and O–H groups in total. The molecule has 100 valence electrons. The minimum atomic E-state index is 0.653. The van der Waals surface area contributed by atoms with Crippen LogP contribution in [0.25, 0.3) is 0 Å². The lowest BCUT2D eigenvalue weighted by molar-refractivity contribution is 0.101. The molecule has 0 atom stereocenters. The first-order chi connectivity index (χ1) is 9.34. The zero-order valence-corrected chi connectivity index (χ0v) is 13.0. The topological polar surface area (TPSA) is 27.1 Å². The third-order valence-electron chi connectivity index (χ3n) is 3.49. The van der Waals surface area contributed by atoms with Crippen molar-refractivity contribution in [3.8, 4) is 0 Å². The van der Waals surface area contributed by atoms with Crippen LogP contribution in [0.1, 0.15) is 29.9 Å². The molecule has 0 bridgehead atoms. The Morgan fingerprint density at radius 1 is 1.16 bits per heavy atom. The first-order valence-electron chi connectivity index (χ1n) is 6.70. The SMILES string of the molecule is Ic1nc2n(c1COCc1ccccc1)CCCC2. The highest BCUT2D eigenvalue weighted by Gasteiger charge is 2.18. The van der Waals surface area contributed by atoms with Gasteiger partial charge >= 0.3 is 0 Å². The highest BCUT2D eigenvalue weighted by Crippen LogP contribution is 2.22. The fraction of sp³-hybridized carbons (Fsp3) is 0.400. The van der Waals surface area contributed by atoms with Crippen LogP contribution in [0.15, 0.2) is 30.3 Å². The van der Waals surface area contributed by atoms with Crippen LogP contribution in [0.2, 0.25) is 0 Å². The molecule has 19 heavy (non-hydrogen) atoms. The summed E-state index contributed by atoms with van der Waals surface area (Å²) in [6, 6.07) is 10.3. The van der Waals surface area contributed by atoms with E-state index in [-0.39, 0.29) is 0 Å². The van der Waals surface area contributed by atoms with Gasteiger partial charge in [0.2, 0.25) is 0 Å². The van der Waals surface area contributed by atoms with E-state index >= 15 is 0 Å². The van der Waals surface area contributed by atoms with Crippen LogP contribution < -0.4 is 0 Å². The summed E-state index contributed by atoms with van der Waals surface area (Å²) in [6.45, 7) is 2.41. The Bertz CT molecular complexity index is 551. The van der Waals surface area contributed by atoms with Crippen LogP contribution in [0.4, 0.5) is 0 Å². The number of nitrogens with zero attached hydrogens (tertiary/aromatic N) is 2. The Kier molecular flexibility index (Phi) is 4.18. The Morgan fingerprint density at radius 3 is 2.84 bits per heavy atom. The van der Waals surface area contributed by atoms with Crippen LogP contribution in [0, 0.1) is 3.70 Å². The summed E-state index contributed by atoms with van der Waals surface area (Å²) in [7, 11) is 0. The highest BCUT2D eigenvalue weighted by atomic mass is 127. The number of imidazole rings is 1. The molecule has 0 saturated carbocycles. The van der Waals surface area contributed by atoms with E-state index in [1.54, 1.807) is 0 Å². The highest BCUT2D eigenvalue weighted by molar-refractivity contribution is 14.1. The molecular formula is C15H17IN2O. The largest absolute Gasteiger partial charge is 0.370 e. The van der Waals surface area contributed by atoms with E-state index < -0.39 is 0 Å². The van der Waals surface area contributed by atoms with Gasteiger partial charge in [-0.3, -0.25) is 0 Å². The van der Waals surface area contributed by atoms with Crippen molar-refractivity contribution in [1.82, 2.24) is 9.55 Å². The molecule has 4 heteroatoms. The first-order valence-corrected chi connectivity index (χ1v) is 7.78. The molecule has 2 aromatic rings. The molecule has 0 aliphatic carbocycles. The molecule has 1 aliphatic rings. The van der Waals surface area contributed by atoms with Crippen molar-refractivity contribution in [1.29, 1.82) is 0 Å². The molecule has 0 spiro atoms. The average molecular weight is 368 g/mol. The minimum absolute atomic E-state index is 0.653. The summed E-state index contributed by atoms with van der Waals surface area (Å²) in [5, 5.41) is 0. The third-order valence-corrected chi connectivity index (χ3v) is 4.35. The van der Waals surface area contributed by atoms with E-state index in [0.717, 1.165) is 16.7 Å². The van der Waals surface area contributed by atoms with E-state index in [2.05, 4.69) is 44.3 Å². The van der Waals surface area contributed by atoms with Gasteiger partial charge in [-0.15, -0.1) is 0 Å². The van der Waals surface area contributed by atoms with Crippen LogP contribution in [-0.4, -0.2) is 9.55 Å². The summed E-state index contributed by atoms with van der Waals surface area (Å²) in [6.07, 6.45) is 3.62. The monoisotopic (exact) mass is 368 g/mol. The summed E-state index contributed by atoms with van der Waals surface area (Å²) < 4.78 is 9.29. The molecule has 1 aliphatic heterocycles. The molecule has 1 aromatic carbocycles. The lowest BCUT2D eigenvalue weighted by Gasteiger charge is -2.16. The van der Waals surface area contributed by atoms with Crippen molar-refractivity contribution in [3.63, 3.8) is 0 Å². The van der Waals surface area contributed by atoms with Gasteiger partial charge in [0.25, 0.3) is 0 Å². The second-order valence-electron chi connectivity index (χ2n) is 4.85. The van der Waals surface area contributed by atoms with Crippen LogP contribution in [0.5, 0.6) is 0 Å². The summed E-state index contributed by atoms with van der Waals surface area (Å²) in [5.41, 5.74) is 2.46. The molecule has 0 radical (unpaired) electrons. The number of hydrogen-bond donors (Lipinski definition) is 0. The molecule has 3 nitrogen and oxygen atoms in total. The smallest absolute Gasteiger partial charge is 0.125 e. The minimum Gasteiger partial charge on any atom is -0.370 e.